The molecule has 6 nitrogen and oxygen atoms in total. The van der Waals surface area contributed by atoms with Crippen LogP contribution in [0.3, 0.4) is 0 Å². The van der Waals surface area contributed by atoms with Crippen molar-refractivity contribution < 1.29 is 38.2 Å². The van der Waals surface area contributed by atoms with Crippen LogP contribution in [-0.4, -0.2) is 27.1 Å². The van der Waals surface area contributed by atoms with E-state index in [9.17, 15) is 20.6 Å². The summed E-state index contributed by atoms with van der Waals surface area (Å²) < 4.78 is 2.20. The van der Waals surface area contributed by atoms with E-state index in [1.54, 1.807) is 24.3 Å². The van der Waals surface area contributed by atoms with Crippen molar-refractivity contribution in [1.82, 2.24) is 6.42 Å². The first kappa shape index (κ1) is 23.8. The predicted octanol–water partition coefficient (Wildman–Crippen LogP) is 6.44. The summed E-state index contributed by atoms with van der Waals surface area (Å²) >= 11 is 0.0709. The van der Waals surface area contributed by atoms with Gasteiger partial charge in [-0.2, -0.15) is 0 Å². The number of hydrogen-bond donors (Lipinski definition) is 4. The average molecular weight is 530 g/mol. The predicted molar refractivity (Wildman–Crippen MR) is 126 cm³/mol. The fraction of sp³-hybridized carbons (Fsp3) is 0. The normalized spacial score (nSPS) is 11.0. The number of rotatable bonds is 8. The van der Waals surface area contributed by atoms with Crippen LogP contribution in [0, 0.1) is 0 Å². The topological polar surface area (TPSA) is 87.4 Å². The molecule has 0 aliphatic heterocycles. The zero-order valence-corrected chi connectivity index (χ0v) is 22.0. The first-order chi connectivity index (χ1) is 16.0. The van der Waals surface area contributed by atoms with Gasteiger partial charge in [0.05, 0.1) is 0 Å². The molecule has 0 aromatic heterocycles. The molecule has 0 aliphatic carbocycles. The standard InChI is InChI=1S/2C12H10NO2S.Zn/c2*14-11-7-3-1-5-9(11)10-6-2-4-8-12(10)16-13-15;/h2*1-8,14-15H;/q2*-1;+2. The molecule has 9 heteroatoms. The molecule has 0 spiro atoms. The van der Waals surface area contributed by atoms with Gasteiger partial charge in [-0.25, -0.2) is 0 Å². The van der Waals surface area contributed by atoms with Gasteiger partial charge in [0.15, 0.2) is 0 Å². The molecule has 4 aromatic rings. The van der Waals surface area contributed by atoms with Crippen molar-refractivity contribution in [2.45, 2.75) is 9.79 Å². The van der Waals surface area contributed by atoms with Crippen molar-refractivity contribution in [3.05, 3.63) is 97.1 Å². The van der Waals surface area contributed by atoms with Crippen LogP contribution in [0.25, 0.3) is 22.3 Å². The Morgan fingerprint density at radius 2 is 0.818 bits per heavy atom. The molecule has 0 amide bonds. The van der Waals surface area contributed by atoms with Gasteiger partial charge in [0.1, 0.15) is 0 Å². The summed E-state index contributed by atoms with van der Waals surface area (Å²) in [5.41, 5.74) is 2.94. The summed E-state index contributed by atoms with van der Waals surface area (Å²) in [6.45, 7) is 0. The van der Waals surface area contributed by atoms with Crippen molar-refractivity contribution in [3.63, 3.8) is 0 Å². The first-order valence-corrected chi connectivity index (χ1v) is 14.3. The zero-order chi connectivity index (χ0) is 23.2. The summed E-state index contributed by atoms with van der Waals surface area (Å²) in [6.07, 6.45) is 0. The van der Waals surface area contributed by atoms with Gasteiger partial charge in [-0.05, 0) is 0 Å². The summed E-state index contributed by atoms with van der Waals surface area (Å²) in [5.74, 6) is 0.327. The maximum atomic E-state index is 10.6. The van der Waals surface area contributed by atoms with Gasteiger partial charge in [-0.1, -0.05) is 0 Å². The number of aromatic hydroxyl groups is 2. The third-order valence-corrected chi connectivity index (χ3v) is 10.2. The first-order valence-electron chi connectivity index (χ1n) is 10.1. The van der Waals surface area contributed by atoms with Crippen LogP contribution in [0.1, 0.15) is 0 Å². The van der Waals surface area contributed by atoms with Crippen LogP contribution >= 0.6 is 23.9 Å². The van der Waals surface area contributed by atoms with Gasteiger partial charge in [0.25, 0.3) is 0 Å². The Morgan fingerprint density at radius 1 is 0.485 bits per heavy atom. The monoisotopic (exact) mass is 528 g/mol. The molecule has 0 radical (unpaired) electrons. The third kappa shape index (κ3) is 5.96. The van der Waals surface area contributed by atoms with Crippen molar-refractivity contribution in [2.75, 3.05) is 0 Å². The van der Waals surface area contributed by atoms with Crippen LogP contribution < -0.4 is 0 Å². The number of hydrogen-bond acceptors (Lipinski definition) is 8. The van der Waals surface area contributed by atoms with E-state index in [2.05, 4.69) is 0 Å². The Hall–Kier alpha value is -2.36. The molecule has 4 rings (SSSR count). The van der Waals surface area contributed by atoms with Crippen LogP contribution in [0.2, 0.25) is 0 Å². The van der Waals surface area contributed by atoms with Gasteiger partial charge < -0.3 is 0 Å². The van der Waals surface area contributed by atoms with Crippen molar-refractivity contribution >= 4 is 23.9 Å². The molecule has 0 heterocycles. The quantitative estimate of drug-likeness (QED) is 0.118. The van der Waals surface area contributed by atoms with Crippen molar-refractivity contribution in [1.29, 1.82) is 0 Å². The van der Waals surface area contributed by atoms with Gasteiger partial charge in [0, 0.05) is 0 Å². The minimum atomic E-state index is -2.17. The Balaban J connectivity index is 1.47. The molecule has 0 fully saturated rings. The van der Waals surface area contributed by atoms with Crippen LogP contribution in [-0.2, 0) is 17.6 Å². The maximum absolute atomic E-state index is 10.6. The van der Waals surface area contributed by atoms with Gasteiger partial charge in [-0.15, -0.1) is 0 Å². The number of para-hydroxylation sites is 2. The van der Waals surface area contributed by atoms with Gasteiger partial charge in [-0.3, -0.25) is 0 Å². The Bertz CT molecular complexity index is 1150. The van der Waals surface area contributed by atoms with E-state index in [-0.39, 0.29) is 11.5 Å². The molecule has 0 aliphatic rings. The Morgan fingerprint density at radius 3 is 1.21 bits per heavy atom. The second kappa shape index (κ2) is 11.2. The molecule has 164 valence electrons. The second-order valence-electron chi connectivity index (χ2n) is 7.05. The molecule has 33 heavy (non-hydrogen) atoms. The van der Waals surface area contributed by atoms with E-state index in [4.69, 9.17) is 0 Å². The van der Waals surface area contributed by atoms with E-state index >= 15 is 0 Å². The molecule has 0 bridgehead atoms. The average Bonchev–Trinajstić information content (AvgIpc) is 2.81. The summed E-state index contributed by atoms with van der Waals surface area (Å²) in [7, 11) is 0. The Labute approximate surface area is 208 Å². The number of phenolic OH excluding ortho intramolecular Hbond substituents is 2. The summed E-state index contributed by atoms with van der Waals surface area (Å²) in [4.78, 5) is 1.53. The van der Waals surface area contributed by atoms with Crippen LogP contribution in [0.4, 0.5) is 0 Å². The van der Waals surface area contributed by atoms with Gasteiger partial charge >= 0.3 is 209 Å². The fourth-order valence-corrected chi connectivity index (χ4v) is 9.16. The van der Waals surface area contributed by atoms with E-state index < -0.39 is 17.6 Å². The number of benzene rings is 4. The van der Waals surface area contributed by atoms with Crippen molar-refractivity contribution in [2.24, 2.45) is 0 Å². The second-order valence-corrected chi connectivity index (χ2v) is 14.2. The zero-order valence-electron chi connectivity index (χ0n) is 17.4. The van der Waals surface area contributed by atoms with E-state index in [1.165, 1.54) is 0 Å². The minimum absolute atomic E-state index is 0.164. The number of nitrogens with zero attached hydrogens (tertiary/aromatic N) is 2. The summed E-state index contributed by atoms with van der Waals surface area (Å²) in [6, 6.07) is 29.1. The molecule has 0 atom stereocenters. The molecular weight excluding hydrogens is 510 g/mol. The van der Waals surface area contributed by atoms with Crippen molar-refractivity contribution in [3.8, 4) is 33.8 Å². The van der Waals surface area contributed by atoms with E-state index in [0.717, 1.165) is 51.2 Å². The SMILES string of the molecule is Oc1ccccc1-c1ccccc1S[N](O)[Zn][N](O)Sc1ccccc1-c1ccccc1O. The third-order valence-electron chi connectivity index (χ3n) is 4.81. The molecule has 4 aromatic carbocycles. The van der Waals surface area contributed by atoms with E-state index in [1.807, 2.05) is 72.8 Å². The summed E-state index contributed by atoms with van der Waals surface area (Å²) in [5, 5.41) is 41.6. The molecular formula is C24H20N2O4S2Zn. The van der Waals surface area contributed by atoms with Crippen LogP contribution in [0.15, 0.2) is 107 Å². The Kier molecular flexibility index (Phi) is 8.06. The molecule has 0 saturated carbocycles. The van der Waals surface area contributed by atoms with Gasteiger partial charge in [0.2, 0.25) is 0 Å². The van der Waals surface area contributed by atoms with E-state index in [0.29, 0.717) is 11.1 Å². The molecule has 0 saturated heterocycles. The van der Waals surface area contributed by atoms with Crippen LogP contribution in [0.5, 0.6) is 11.5 Å². The molecule has 4 N–H and O–H groups in total. The molecule has 0 unspecified atom stereocenters. The fourth-order valence-electron chi connectivity index (χ4n) is 3.33. The number of phenols is 2.